The van der Waals surface area contributed by atoms with Crippen LogP contribution in [0.4, 0.5) is 16.9 Å². The summed E-state index contributed by atoms with van der Waals surface area (Å²) in [4.78, 5) is 26.1. The third-order valence-electron chi connectivity index (χ3n) is 4.52. The fraction of sp³-hybridized carbons (Fsp3) is 0.389. The molecule has 3 aromatic heterocycles. The number of thiazole rings is 1. The van der Waals surface area contributed by atoms with Crippen molar-refractivity contribution >= 4 is 28.2 Å². The van der Waals surface area contributed by atoms with Crippen molar-refractivity contribution in [2.45, 2.75) is 33.1 Å². The molecule has 1 aliphatic rings. The number of aromatic nitrogens is 5. The number of aryl methyl sites for hydroxylation is 3. The van der Waals surface area contributed by atoms with Gasteiger partial charge in [0.2, 0.25) is 5.95 Å². The minimum atomic E-state index is 0.277. The molecule has 8 heteroatoms. The van der Waals surface area contributed by atoms with E-state index in [0.29, 0.717) is 0 Å². The summed E-state index contributed by atoms with van der Waals surface area (Å²) in [5.41, 5.74) is 2.01. The Labute approximate surface area is 156 Å². The molecule has 7 nitrogen and oxygen atoms in total. The molecule has 0 spiro atoms. The van der Waals surface area contributed by atoms with Crippen LogP contribution in [-0.2, 0) is 0 Å². The van der Waals surface area contributed by atoms with Crippen LogP contribution in [0.25, 0.3) is 0 Å². The van der Waals surface area contributed by atoms with E-state index in [2.05, 4.69) is 37.1 Å². The van der Waals surface area contributed by atoms with Gasteiger partial charge in [-0.25, -0.2) is 24.9 Å². The van der Waals surface area contributed by atoms with E-state index in [9.17, 15) is 0 Å². The lowest BCUT2D eigenvalue weighted by atomic mass is 10.1. The van der Waals surface area contributed by atoms with Crippen LogP contribution in [0, 0.1) is 20.8 Å². The molecule has 0 bridgehead atoms. The zero-order valence-corrected chi connectivity index (χ0v) is 15.9. The molecule has 1 N–H and O–H groups in total. The van der Waals surface area contributed by atoms with Crippen molar-refractivity contribution in [2.24, 2.45) is 0 Å². The number of hydrogen-bond donors (Lipinski definition) is 1. The van der Waals surface area contributed by atoms with Crippen LogP contribution >= 0.6 is 11.3 Å². The van der Waals surface area contributed by atoms with Gasteiger partial charge in [0.1, 0.15) is 11.6 Å². The molecule has 0 saturated carbocycles. The Morgan fingerprint density at radius 2 is 1.92 bits per heavy atom. The van der Waals surface area contributed by atoms with E-state index in [1.54, 1.807) is 23.7 Å². The monoisotopic (exact) mass is 367 g/mol. The van der Waals surface area contributed by atoms with Crippen LogP contribution in [0.5, 0.6) is 0 Å². The molecule has 0 aromatic carbocycles. The van der Waals surface area contributed by atoms with Crippen molar-refractivity contribution in [1.29, 1.82) is 0 Å². The van der Waals surface area contributed by atoms with Gasteiger partial charge in [0.05, 0.1) is 5.69 Å². The molecule has 26 heavy (non-hydrogen) atoms. The predicted octanol–water partition coefficient (Wildman–Crippen LogP) is 3.39. The molecule has 4 rings (SSSR count). The van der Waals surface area contributed by atoms with Gasteiger partial charge in [-0.2, -0.15) is 0 Å². The van der Waals surface area contributed by atoms with Crippen molar-refractivity contribution in [3.8, 4) is 0 Å². The van der Waals surface area contributed by atoms with Crippen molar-refractivity contribution < 1.29 is 0 Å². The minimum absolute atomic E-state index is 0.277. The quantitative estimate of drug-likeness (QED) is 0.757. The minimum Gasteiger partial charge on any atom is -0.340 e. The molecule has 1 atom stereocenters. The summed E-state index contributed by atoms with van der Waals surface area (Å²) in [6, 6.07) is 3.79. The summed E-state index contributed by atoms with van der Waals surface area (Å²) < 4.78 is 0. The lowest BCUT2D eigenvalue weighted by Crippen LogP contribution is -2.22. The summed E-state index contributed by atoms with van der Waals surface area (Å²) in [7, 11) is 0. The Kier molecular flexibility index (Phi) is 4.50. The largest absolute Gasteiger partial charge is 0.340 e. The Morgan fingerprint density at radius 1 is 1.12 bits per heavy atom. The lowest BCUT2D eigenvalue weighted by Gasteiger charge is -2.15. The van der Waals surface area contributed by atoms with Gasteiger partial charge in [-0.3, -0.25) is 0 Å². The highest BCUT2D eigenvalue weighted by Crippen LogP contribution is 2.29. The second-order valence-corrected chi connectivity index (χ2v) is 7.72. The smallest absolute Gasteiger partial charge is 0.225 e. The van der Waals surface area contributed by atoms with Gasteiger partial charge in [-0.05, 0) is 33.3 Å². The van der Waals surface area contributed by atoms with E-state index in [-0.39, 0.29) is 5.92 Å². The van der Waals surface area contributed by atoms with Gasteiger partial charge in [-0.15, -0.1) is 11.3 Å². The van der Waals surface area contributed by atoms with Crippen LogP contribution in [0.2, 0.25) is 0 Å². The molecular formula is C18H21N7S. The van der Waals surface area contributed by atoms with E-state index < -0.39 is 0 Å². The Bertz CT molecular complexity index is 890. The highest BCUT2D eigenvalue weighted by atomic mass is 32.1. The molecule has 1 fully saturated rings. The molecule has 1 saturated heterocycles. The maximum absolute atomic E-state index is 4.75. The average Bonchev–Trinajstić information content (AvgIpc) is 3.23. The van der Waals surface area contributed by atoms with Gasteiger partial charge < -0.3 is 10.2 Å². The maximum atomic E-state index is 4.75. The molecule has 0 amide bonds. The summed E-state index contributed by atoms with van der Waals surface area (Å²) in [6.45, 7) is 7.85. The molecule has 0 aliphatic carbocycles. The SMILES string of the molecule is Cc1cc(Nc2nc(C)c(C)s2)nc(C2CCN(c3ncccn3)C2)n1. The van der Waals surface area contributed by atoms with E-state index in [1.165, 1.54) is 4.88 Å². The molecule has 134 valence electrons. The zero-order chi connectivity index (χ0) is 18.1. The fourth-order valence-corrected chi connectivity index (χ4v) is 3.90. The van der Waals surface area contributed by atoms with Crippen molar-refractivity contribution in [3.63, 3.8) is 0 Å². The van der Waals surface area contributed by atoms with Crippen LogP contribution in [0.1, 0.15) is 34.4 Å². The van der Waals surface area contributed by atoms with Gasteiger partial charge >= 0.3 is 0 Å². The first-order valence-corrected chi connectivity index (χ1v) is 9.49. The standard InChI is InChI=1S/C18H21N7S/c1-11-9-15(24-18-22-12(2)13(3)26-18)23-16(21-11)14-5-8-25(10-14)17-19-6-4-7-20-17/h4,6-7,9,14H,5,8,10H2,1-3H3,(H,21,22,23,24). The van der Waals surface area contributed by atoms with Gasteiger partial charge in [-0.1, -0.05) is 0 Å². The molecule has 1 unspecified atom stereocenters. The molecular weight excluding hydrogens is 346 g/mol. The number of nitrogens with one attached hydrogen (secondary N) is 1. The van der Waals surface area contributed by atoms with Gasteiger partial charge in [0.25, 0.3) is 0 Å². The molecule has 1 aliphatic heterocycles. The number of anilines is 3. The Balaban J connectivity index is 1.53. The predicted molar refractivity (Wildman–Crippen MR) is 103 cm³/mol. The van der Waals surface area contributed by atoms with E-state index in [0.717, 1.165) is 53.6 Å². The normalized spacial score (nSPS) is 16.9. The summed E-state index contributed by atoms with van der Waals surface area (Å²) in [5.74, 6) is 2.72. The molecule has 0 radical (unpaired) electrons. The van der Waals surface area contributed by atoms with Crippen LogP contribution in [0.15, 0.2) is 24.5 Å². The maximum Gasteiger partial charge on any atom is 0.225 e. The Hall–Kier alpha value is -2.61. The zero-order valence-electron chi connectivity index (χ0n) is 15.1. The Morgan fingerprint density at radius 3 is 2.65 bits per heavy atom. The summed E-state index contributed by atoms with van der Waals surface area (Å²) in [5, 5.41) is 4.20. The summed E-state index contributed by atoms with van der Waals surface area (Å²) in [6.07, 6.45) is 4.55. The first kappa shape index (κ1) is 16.8. The van der Waals surface area contributed by atoms with Crippen molar-refractivity contribution in [3.05, 3.63) is 46.6 Å². The molecule has 3 aromatic rings. The summed E-state index contributed by atoms with van der Waals surface area (Å²) >= 11 is 1.64. The first-order chi connectivity index (χ1) is 12.6. The van der Waals surface area contributed by atoms with Gasteiger partial charge in [0.15, 0.2) is 5.13 Å². The fourth-order valence-electron chi connectivity index (χ4n) is 3.08. The van der Waals surface area contributed by atoms with E-state index in [1.807, 2.05) is 26.0 Å². The average molecular weight is 367 g/mol. The van der Waals surface area contributed by atoms with E-state index >= 15 is 0 Å². The topological polar surface area (TPSA) is 79.7 Å². The van der Waals surface area contributed by atoms with E-state index in [4.69, 9.17) is 4.98 Å². The van der Waals surface area contributed by atoms with Crippen molar-refractivity contribution in [1.82, 2.24) is 24.9 Å². The number of hydrogen-bond acceptors (Lipinski definition) is 8. The number of nitrogens with zero attached hydrogens (tertiary/aromatic N) is 6. The van der Waals surface area contributed by atoms with Crippen molar-refractivity contribution in [2.75, 3.05) is 23.3 Å². The first-order valence-electron chi connectivity index (χ1n) is 8.67. The third-order valence-corrected chi connectivity index (χ3v) is 5.51. The third kappa shape index (κ3) is 3.50. The van der Waals surface area contributed by atoms with Gasteiger partial charge in [0, 0.05) is 48.0 Å². The highest BCUT2D eigenvalue weighted by Gasteiger charge is 2.28. The van der Waals surface area contributed by atoms with Crippen LogP contribution < -0.4 is 10.2 Å². The molecule has 4 heterocycles. The lowest BCUT2D eigenvalue weighted by molar-refractivity contribution is 0.704. The highest BCUT2D eigenvalue weighted by molar-refractivity contribution is 7.15. The second-order valence-electron chi connectivity index (χ2n) is 6.52. The number of rotatable bonds is 4. The second kappa shape index (κ2) is 6.95. The van der Waals surface area contributed by atoms with Crippen LogP contribution in [0.3, 0.4) is 0 Å². The van der Waals surface area contributed by atoms with Crippen LogP contribution in [-0.4, -0.2) is 38.0 Å².